The number of amidine groups is 1. The minimum atomic E-state index is -0.160. The molecule has 1 aromatic carbocycles. The van der Waals surface area contributed by atoms with E-state index in [0.29, 0.717) is 24.1 Å². The van der Waals surface area contributed by atoms with Crippen LogP contribution in [0.3, 0.4) is 0 Å². The van der Waals surface area contributed by atoms with Gasteiger partial charge in [-0.3, -0.25) is 4.79 Å². The Balaban J connectivity index is 1.89. The highest BCUT2D eigenvalue weighted by Crippen LogP contribution is 2.06. The lowest BCUT2D eigenvalue weighted by Gasteiger charge is -2.05. The number of carbonyl (C=O) groups is 1. The van der Waals surface area contributed by atoms with E-state index < -0.39 is 0 Å². The molecule has 1 heterocycles. The second kappa shape index (κ2) is 6.67. The first-order valence-electron chi connectivity index (χ1n) is 5.95. The topological polar surface area (TPSA) is 101 Å². The molecular formula is C13H14N4O2S. The number of hydrogen-bond acceptors (Lipinski definition) is 5. The van der Waals surface area contributed by atoms with Gasteiger partial charge in [-0.15, -0.1) is 11.3 Å². The third kappa shape index (κ3) is 3.55. The SMILES string of the molecule is NC(=NO)c1ccc(C(=O)NCCc2nccs2)cc1. The van der Waals surface area contributed by atoms with Gasteiger partial charge in [0.2, 0.25) is 0 Å². The molecule has 20 heavy (non-hydrogen) atoms. The molecule has 0 spiro atoms. The van der Waals surface area contributed by atoms with Crippen molar-refractivity contribution in [2.24, 2.45) is 10.9 Å². The number of hydrogen-bond donors (Lipinski definition) is 3. The molecule has 0 aliphatic heterocycles. The maximum Gasteiger partial charge on any atom is 0.251 e. The lowest BCUT2D eigenvalue weighted by molar-refractivity contribution is 0.0954. The number of aromatic nitrogens is 1. The summed E-state index contributed by atoms with van der Waals surface area (Å²) in [5.41, 5.74) is 6.54. The van der Waals surface area contributed by atoms with Crippen LogP contribution in [0, 0.1) is 0 Å². The highest BCUT2D eigenvalue weighted by atomic mass is 32.1. The molecule has 104 valence electrons. The van der Waals surface area contributed by atoms with Gasteiger partial charge in [0.25, 0.3) is 5.91 Å². The molecule has 0 saturated carbocycles. The quantitative estimate of drug-likeness (QED) is 0.333. The van der Waals surface area contributed by atoms with Gasteiger partial charge in [0.15, 0.2) is 5.84 Å². The zero-order valence-corrected chi connectivity index (χ0v) is 11.4. The summed E-state index contributed by atoms with van der Waals surface area (Å²) in [6, 6.07) is 6.52. The van der Waals surface area contributed by atoms with Crippen LogP contribution in [0.25, 0.3) is 0 Å². The smallest absolute Gasteiger partial charge is 0.251 e. The standard InChI is InChI=1S/C13H14N4O2S/c14-12(17-19)9-1-3-10(4-2-9)13(18)16-6-5-11-15-7-8-20-11/h1-4,7-8,19H,5-6H2,(H2,14,17)(H,16,18). The maximum absolute atomic E-state index is 11.9. The molecule has 1 aromatic heterocycles. The molecule has 0 aliphatic carbocycles. The number of oxime groups is 1. The third-order valence-corrected chi connectivity index (χ3v) is 3.50. The van der Waals surface area contributed by atoms with Crippen molar-refractivity contribution in [1.82, 2.24) is 10.3 Å². The van der Waals surface area contributed by atoms with E-state index >= 15 is 0 Å². The van der Waals surface area contributed by atoms with Crippen LogP contribution in [0.2, 0.25) is 0 Å². The number of rotatable bonds is 5. The molecule has 0 unspecified atom stereocenters. The summed E-state index contributed by atoms with van der Waals surface area (Å²) in [4.78, 5) is 16.0. The summed E-state index contributed by atoms with van der Waals surface area (Å²) in [6.45, 7) is 0.536. The van der Waals surface area contributed by atoms with E-state index in [9.17, 15) is 4.79 Å². The molecule has 7 heteroatoms. The van der Waals surface area contributed by atoms with Crippen LogP contribution in [-0.2, 0) is 6.42 Å². The average Bonchev–Trinajstić information content (AvgIpc) is 2.99. The normalized spacial score (nSPS) is 11.3. The van der Waals surface area contributed by atoms with Crippen molar-refractivity contribution < 1.29 is 10.0 Å². The van der Waals surface area contributed by atoms with Crippen molar-refractivity contribution in [3.05, 3.63) is 52.0 Å². The van der Waals surface area contributed by atoms with Crippen LogP contribution in [0.5, 0.6) is 0 Å². The van der Waals surface area contributed by atoms with Crippen molar-refractivity contribution in [1.29, 1.82) is 0 Å². The minimum absolute atomic E-state index is 0.0146. The van der Waals surface area contributed by atoms with Gasteiger partial charge >= 0.3 is 0 Å². The van der Waals surface area contributed by atoms with E-state index in [2.05, 4.69) is 15.5 Å². The van der Waals surface area contributed by atoms with Crippen molar-refractivity contribution in [3.8, 4) is 0 Å². The summed E-state index contributed by atoms with van der Waals surface area (Å²) in [7, 11) is 0. The number of carbonyl (C=O) groups excluding carboxylic acids is 1. The first-order chi connectivity index (χ1) is 9.70. The van der Waals surface area contributed by atoms with Gasteiger partial charge in [-0.2, -0.15) is 0 Å². The van der Waals surface area contributed by atoms with Crippen molar-refractivity contribution in [3.63, 3.8) is 0 Å². The number of nitrogens with zero attached hydrogens (tertiary/aromatic N) is 2. The van der Waals surface area contributed by atoms with E-state index in [-0.39, 0.29) is 11.7 Å². The van der Waals surface area contributed by atoms with Crippen molar-refractivity contribution >= 4 is 23.1 Å². The molecule has 0 radical (unpaired) electrons. The molecule has 4 N–H and O–H groups in total. The number of benzene rings is 1. The van der Waals surface area contributed by atoms with Gasteiger partial charge in [0, 0.05) is 35.7 Å². The lowest BCUT2D eigenvalue weighted by Crippen LogP contribution is -2.25. The Kier molecular flexibility index (Phi) is 4.67. The number of thiazole rings is 1. The molecule has 6 nitrogen and oxygen atoms in total. The van der Waals surface area contributed by atoms with E-state index in [1.54, 1.807) is 41.8 Å². The second-order valence-electron chi connectivity index (χ2n) is 3.99. The molecule has 2 rings (SSSR count). The Bertz CT molecular complexity index is 593. The van der Waals surface area contributed by atoms with Gasteiger partial charge in [0.1, 0.15) is 0 Å². The Morgan fingerprint density at radius 1 is 1.35 bits per heavy atom. The molecule has 1 amide bonds. The predicted molar refractivity (Wildman–Crippen MR) is 77.1 cm³/mol. The third-order valence-electron chi connectivity index (χ3n) is 2.66. The first-order valence-corrected chi connectivity index (χ1v) is 6.83. The van der Waals surface area contributed by atoms with Gasteiger partial charge in [-0.25, -0.2) is 4.98 Å². The Morgan fingerprint density at radius 2 is 2.05 bits per heavy atom. The molecule has 2 aromatic rings. The second-order valence-corrected chi connectivity index (χ2v) is 4.97. The monoisotopic (exact) mass is 290 g/mol. The number of nitrogens with two attached hydrogens (primary N) is 1. The minimum Gasteiger partial charge on any atom is -0.409 e. The Hall–Kier alpha value is -2.41. The van der Waals surface area contributed by atoms with E-state index in [4.69, 9.17) is 10.9 Å². The van der Waals surface area contributed by atoms with Crippen LogP contribution >= 0.6 is 11.3 Å². The van der Waals surface area contributed by atoms with Crippen LogP contribution in [0.1, 0.15) is 20.9 Å². The van der Waals surface area contributed by atoms with Crippen LogP contribution in [-0.4, -0.2) is 28.5 Å². The van der Waals surface area contributed by atoms with E-state index in [1.807, 2.05) is 5.38 Å². The summed E-state index contributed by atoms with van der Waals surface area (Å²) in [5, 5.41) is 17.2. The largest absolute Gasteiger partial charge is 0.409 e. The zero-order valence-electron chi connectivity index (χ0n) is 10.6. The number of nitrogens with one attached hydrogen (secondary N) is 1. The first kappa shape index (κ1) is 14.0. The average molecular weight is 290 g/mol. The zero-order chi connectivity index (χ0) is 14.4. The summed E-state index contributed by atoms with van der Waals surface area (Å²) >= 11 is 1.56. The lowest BCUT2D eigenvalue weighted by atomic mass is 10.1. The fourth-order valence-electron chi connectivity index (χ4n) is 1.61. The van der Waals surface area contributed by atoms with Crippen molar-refractivity contribution in [2.45, 2.75) is 6.42 Å². The molecule has 0 bridgehead atoms. The van der Waals surface area contributed by atoms with Gasteiger partial charge < -0.3 is 16.3 Å². The molecule has 0 aliphatic rings. The summed E-state index contributed by atoms with van der Waals surface area (Å²) < 4.78 is 0. The van der Waals surface area contributed by atoms with Crippen molar-refractivity contribution in [2.75, 3.05) is 6.54 Å². The van der Waals surface area contributed by atoms with Crippen LogP contribution < -0.4 is 11.1 Å². The number of amides is 1. The molecule has 0 fully saturated rings. The van der Waals surface area contributed by atoms with E-state index in [0.717, 1.165) is 5.01 Å². The summed E-state index contributed by atoms with van der Waals surface area (Å²) in [6.07, 6.45) is 2.46. The molecule has 0 saturated heterocycles. The van der Waals surface area contributed by atoms with E-state index in [1.165, 1.54) is 0 Å². The maximum atomic E-state index is 11.9. The van der Waals surface area contributed by atoms with Gasteiger partial charge in [-0.05, 0) is 12.1 Å². The highest BCUT2D eigenvalue weighted by molar-refractivity contribution is 7.09. The van der Waals surface area contributed by atoms with Gasteiger partial charge in [-0.1, -0.05) is 17.3 Å². The fourth-order valence-corrected chi connectivity index (χ4v) is 2.23. The fraction of sp³-hybridized carbons (Fsp3) is 0.154. The summed E-state index contributed by atoms with van der Waals surface area (Å²) in [5.74, 6) is -0.145. The molecule has 0 atom stereocenters. The molecular weight excluding hydrogens is 276 g/mol. The predicted octanol–water partition coefficient (Wildman–Crippen LogP) is 1.21. The highest BCUT2D eigenvalue weighted by Gasteiger charge is 2.06. The van der Waals surface area contributed by atoms with Crippen LogP contribution in [0.4, 0.5) is 0 Å². The Morgan fingerprint density at radius 3 is 2.65 bits per heavy atom. The van der Waals surface area contributed by atoms with Crippen LogP contribution in [0.15, 0.2) is 41.0 Å². The Labute approximate surface area is 120 Å². The van der Waals surface area contributed by atoms with Gasteiger partial charge in [0.05, 0.1) is 5.01 Å².